The number of hydrogen-bond donors (Lipinski definition) is 3. The number of aryl methyl sites for hydroxylation is 2. The molecule has 1 heterocycles. The minimum absolute atomic E-state index is 0.260. The van der Waals surface area contributed by atoms with Crippen molar-refractivity contribution in [3.8, 4) is 0 Å². The lowest BCUT2D eigenvalue weighted by atomic mass is 9.95. The number of rotatable bonds is 6. The highest BCUT2D eigenvalue weighted by molar-refractivity contribution is 5.95. The molecule has 2 aromatic carbocycles. The first-order valence-corrected chi connectivity index (χ1v) is 9.33. The molecule has 0 unspecified atom stereocenters. The summed E-state index contributed by atoms with van der Waals surface area (Å²) in [6, 6.07) is 14.5. The molecule has 1 aliphatic rings. The van der Waals surface area contributed by atoms with E-state index in [-0.39, 0.29) is 12.6 Å². The molecular weight excluding hydrogens is 354 g/mol. The summed E-state index contributed by atoms with van der Waals surface area (Å²) < 4.78 is 5.27. The van der Waals surface area contributed by atoms with Crippen molar-refractivity contribution in [3.05, 3.63) is 76.5 Å². The zero-order valence-electron chi connectivity index (χ0n) is 16.3. The second kappa shape index (κ2) is 8.61. The number of urea groups is 1. The number of anilines is 1. The number of nitrogens with one attached hydrogen (secondary N) is 3. The van der Waals surface area contributed by atoms with Crippen molar-refractivity contribution in [1.29, 1.82) is 0 Å². The summed E-state index contributed by atoms with van der Waals surface area (Å²) in [5, 5.41) is 8.89. The Morgan fingerprint density at radius 3 is 2.54 bits per heavy atom. The molecule has 0 radical (unpaired) electrons. The van der Waals surface area contributed by atoms with Gasteiger partial charge in [0, 0.05) is 5.69 Å². The van der Waals surface area contributed by atoms with E-state index in [1.165, 1.54) is 11.1 Å². The van der Waals surface area contributed by atoms with Gasteiger partial charge in [0.25, 0.3) is 0 Å². The molecule has 2 amide bonds. The Kier molecular flexibility index (Phi) is 5.99. The first kappa shape index (κ1) is 19.5. The van der Waals surface area contributed by atoms with Crippen LogP contribution in [0.2, 0.25) is 0 Å². The number of benzene rings is 2. The van der Waals surface area contributed by atoms with E-state index < -0.39 is 12.0 Å². The molecule has 6 heteroatoms. The van der Waals surface area contributed by atoms with Crippen LogP contribution < -0.4 is 16.0 Å². The number of ether oxygens (including phenoxy) is 1. The minimum Gasteiger partial charge on any atom is -0.463 e. The van der Waals surface area contributed by atoms with Crippen LogP contribution in [0.5, 0.6) is 0 Å². The summed E-state index contributed by atoms with van der Waals surface area (Å²) in [4.78, 5) is 25.0. The van der Waals surface area contributed by atoms with Crippen LogP contribution in [-0.2, 0) is 9.53 Å². The molecule has 0 aliphatic carbocycles. The van der Waals surface area contributed by atoms with E-state index in [2.05, 4.69) is 22.9 Å². The van der Waals surface area contributed by atoms with Gasteiger partial charge in [0.2, 0.25) is 0 Å². The summed E-state index contributed by atoms with van der Waals surface area (Å²) in [6.07, 6.45) is 0. The highest BCUT2D eigenvalue weighted by Gasteiger charge is 2.33. The Bertz CT molecular complexity index is 906. The molecule has 1 aliphatic heterocycles. The van der Waals surface area contributed by atoms with E-state index in [4.69, 9.17) is 4.74 Å². The van der Waals surface area contributed by atoms with Crippen LogP contribution in [0.15, 0.2) is 59.8 Å². The largest absolute Gasteiger partial charge is 0.463 e. The van der Waals surface area contributed by atoms with Crippen LogP contribution >= 0.6 is 0 Å². The van der Waals surface area contributed by atoms with Crippen molar-refractivity contribution in [2.75, 3.05) is 18.5 Å². The molecule has 0 aromatic heterocycles. The van der Waals surface area contributed by atoms with Gasteiger partial charge in [-0.25, -0.2) is 9.59 Å². The standard InChI is InChI=1S/C22H25N3O3/c1-4-28-21(26)19-18(13-23-17-11-10-14(2)15(3)12-17)24-22(27)25-20(19)16-8-6-5-7-9-16/h5-12,20,23H,4,13H2,1-3H3,(H2,24,25,27)/t20-/m0/s1. The molecule has 0 fully saturated rings. The van der Waals surface area contributed by atoms with Crippen molar-refractivity contribution in [2.24, 2.45) is 0 Å². The Labute approximate surface area is 165 Å². The second-order valence-electron chi connectivity index (χ2n) is 6.71. The number of carbonyl (C=O) groups excluding carboxylic acids is 2. The van der Waals surface area contributed by atoms with E-state index >= 15 is 0 Å². The van der Waals surface area contributed by atoms with Crippen LogP contribution in [0.25, 0.3) is 0 Å². The van der Waals surface area contributed by atoms with Crippen molar-refractivity contribution < 1.29 is 14.3 Å². The predicted octanol–water partition coefficient (Wildman–Crippen LogP) is 3.59. The Morgan fingerprint density at radius 2 is 1.86 bits per heavy atom. The zero-order chi connectivity index (χ0) is 20.1. The molecule has 1 atom stereocenters. The fraction of sp³-hybridized carbons (Fsp3) is 0.273. The van der Waals surface area contributed by atoms with Gasteiger partial charge in [0.1, 0.15) is 0 Å². The van der Waals surface area contributed by atoms with Gasteiger partial charge in [0.05, 0.1) is 30.5 Å². The van der Waals surface area contributed by atoms with Gasteiger partial charge in [-0.3, -0.25) is 0 Å². The van der Waals surface area contributed by atoms with E-state index in [1.54, 1.807) is 6.92 Å². The van der Waals surface area contributed by atoms with Gasteiger partial charge >= 0.3 is 12.0 Å². The summed E-state index contributed by atoms with van der Waals surface area (Å²) in [5.74, 6) is -0.444. The Hall–Kier alpha value is -3.28. The summed E-state index contributed by atoms with van der Waals surface area (Å²) in [7, 11) is 0. The average Bonchev–Trinajstić information content (AvgIpc) is 2.69. The molecule has 146 valence electrons. The van der Waals surface area contributed by atoms with Gasteiger partial charge in [-0.05, 0) is 49.6 Å². The SMILES string of the molecule is CCOC(=O)C1=C(CNc2ccc(C)c(C)c2)NC(=O)N[C@H]1c1ccccc1. The van der Waals surface area contributed by atoms with Crippen LogP contribution in [-0.4, -0.2) is 25.2 Å². The summed E-state index contributed by atoms with van der Waals surface area (Å²) in [5.41, 5.74) is 5.03. The van der Waals surface area contributed by atoms with E-state index in [1.807, 2.05) is 55.5 Å². The monoisotopic (exact) mass is 379 g/mol. The third-order valence-corrected chi connectivity index (χ3v) is 4.76. The average molecular weight is 379 g/mol. The normalized spacial score (nSPS) is 16.2. The topological polar surface area (TPSA) is 79.5 Å². The first-order valence-electron chi connectivity index (χ1n) is 9.33. The molecule has 0 spiro atoms. The predicted molar refractivity (Wildman–Crippen MR) is 109 cm³/mol. The lowest BCUT2D eigenvalue weighted by Gasteiger charge is -2.29. The molecule has 28 heavy (non-hydrogen) atoms. The number of amides is 2. The third kappa shape index (κ3) is 4.34. The molecule has 3 N–H and O–H groups in total. The fourth-order valence-electron chi connectivity index (χ4n) is 3.14. The van der Waals surface area contributed by atoms with E-state index in [0.29, 0.717) is 17.8 Å². The van der Waals surface area contributed by atoms with Crippen LogP contribution in [0.3, 0.4) is 0 Å². The van der Waals surface area contributed by atoms with Gasteiger partial charge < -0.3 is 20.7 Å². The molecular formula is C22H25N3O3. The molecule has 2 aromatic rings. The third-order valence-electron chi connectivity index (χ3n) is 4.76. The van der Waals surface area contributed by atoms with Crippen molar-refractivity contribution in [1.82, 2.24) is 10.6 Å². The highest BCUT2D eigenvalue weighted by atomic mass is 16.5. The first-order chi connectivity index (χ1) is 13.5. The van der Waals surface area contributed by atoms with Gasteiger partial charge in [-0.2, -0.15) is 0 Å². The summed E-state index contributed by atoms with van der Waals surface area (Å²) >= 11 is 0. The molecule has 0 saturated heterocycles. The maximum Gasteiger partial charge on any atom is 0.338 e. The number of hydrogen-bond acceptors (Lipinski definition) is 4. The van der Waals surface area contributed by atoms with Crippen molar-refractivity contribution >= 4 is 17.7 Å². The van der Waals surface area contributed by atoms with Gasteiger partial charge in [-0.1, -0.05) is 36.4 Å². The highest BCUT2D eigenvalue weighted by Crippen LogP contribution is 2.28. The maximum absolute atomic E-state index is 12.7. The lowest BCUT2D eigenvalue weighted by molar-refractivity contribution is -0.139. The Balaban J connectivity index is 1.94. The van der Waals surface area contributed by atoms with Crippen LogP contribution in [0.4, 0.5) is 10.5 Å². The molecule has 0 saturated carbocycles. The van der Waals surface area contributed by atoms with Crippen LogP contribution in [0.1, 0.15) is 29.7 Å². The van der Waals surface area contributed by atoms with Crippen molar-refractivity contribution in [2.45, 2.75) is 26.8 Å². The number of esters is 1. The maximum atomic E-state index is 12.7. The van der Waals surface area contributed by atoms with E-state index in [0.717, 1.165) is 11.3 Å². The number of carbonyl (C=O) groups is 2. The quantitative estimate of drug-likeness (QED) is 0.670. The Morgan fingerprint density at radius 1 is 1.11 bits per heavy atom. The van der Waals surface area contributed by atoms with E-state index in [9.17, 15) is 9.59 Å². The lowest BCUT2D eigenvalue weighted by Crippen LogP contribution is -2.47. The van der Waals surface area contributed by atoms with Crippen LogP contribution in [0, 0.1) is 13.8 Å². The smallest absolute Gasteiger partial charge is 0.338 e. The zero-order valence-corrected chi connectivity index (χ0v) is 16.3. The minimum atomic E-state index is -0.564. The van der Waals surface area contributed by atoms with Gasteiger partial charge in [-0.15, -0.1) is 0 Å². The van der Waals surface area contributed by atoms with Gasteiger partial charge in [0.15, 0.2) is 0 Å². The second-order valence-corrected chi connectivity index (χ2v) is 6.71. The molecule has 6 nitrogen and oxygen atoms in total. The molecule has 3 rings (SSSR count). The summed E-state index contributed by atoms with van der Waals surface area (Å²) in [6.45, 7) is 6.42. The van der Waals surface area contributed by atoms with Crippen molar-refractivity contribution in [3.63, 3.8) is 0 Å². The molecule has 0 bridgehead atoms. The fourth-order valence-corrected chi connectivity index (χ4v) is 3.14.